The fourth-order valence-electron chi connectivity index (χ4n) is 1.79. The Morgan fingerprint density at radius 2 is 2.12 bits per heavy atom. The number of benzene rings is 1. The van der Waals surface area contributed by atoms with Gasteiger partial charge in [-0.15, -0.1) is 0 Å². The summed E-state index contributed by atoms with van der Waals surface area (Å²) in [6.45, 7) is 1.61. The number of ketones is 1. The molecule has 0 aliphatic heterocycles. The van der Waals surface area contributed by atoms with Gasteiger partial charge in [0.05, 0.1) is 0 Å². The fourth-order valence-corrected chi connectivity index (χ4v) is 1.79. The maximum Gasteiger partial charge on any atom is 0.139 e. The Labute approximate surface area is 94.7 Å². The van der Waals surface area contributed by atoms with Crippen LogP contribution in [0.1, 0.15) is 12.5 Å². The van der Waals surface area contributed by atoms with Gasteiger partial charge in [-0.3, -0.25) is 4.79 Å². The van der Waals surface area contributed by atoms with Crippen LogP contribution in [0.2, 0.25) is 0 Å². The summed E-state index contributed by atoms with van der Waals surface area (Å²) in [7, 11) is 1.95. The number of carbonyl (C=O) groups is 1. The highest BCUT2D eigenvalue weighted by Gasteiger charge is 2.09. The van der Waals surface area contributed by atoms with E-state index in [1.54, 1.807) is 13.1 Å². The summed E-state index contributed by atoms with van der Waals surface area (Å²) < 4.78 is 1.96. The molecule has 0 bridgehead atoms. The standard InChI is InChI=1S/C13H14N2O/c1-10(16)9-11-5-3-4-6-12(11)13-14-7-8-15(13)2/h3-8H,9H2,1-2H3. The number of nitrogens with zero attached hydrogens (tertiary/aromatic N) is 2. The van der Waals surface area contributed by atoms with Gasteiger partial charge in [-0.1, -0.05) is 24.3 Å². The minimum atomic E-state index is 0.168. The molecule has 0 saturated heterocycles. The van der Waals surface area contributed by atoms with Crippen LogP contribution in [0.25, 0.3) is 11.4 Å². The molecule has 0 amide bonds. The Bertz CT molecular complexity index is 514. The highest BCUT2D eigenvalue weighted by atomic mass is 16.1. The summed E-state index contributed by atoms with van der Waals surface area (Å²) >= 11 is 0. The molecule has 0 N–H and O–H groups in total. The van der Waals surface area contributed by atoms with Gasteiger partial charge < -0.3 is 4.57 Å². The number of carbonyl (C=O) groups excluding carboxylic acids is 1. The summed E-state index contributed by atoms with van der Waals surface area (Å²) in [5.41, 5.74) is 2.06. The van der Waals surface area contributed by atoms with E-state index in [1.165, 1.54) is 0 Å². The SMILES string of the molecule is CC(=O)Cc1ccccc1-c1nccn1C. The molecule has 82 valence electrons. The first-order valence-corrected chi connectivity index (χ1v) is 5.23. The molecule has 0 aliphatic rings. The highest BCUT2D eigenvalue weighted by molar-refractivity contribution is 5.80. The molecule has 0 unspecified atom stereocenters. The zero-order chi connectivity index (χ0) is 11.5. The normalized spacial score (nSPS) is 10.4. The molecule has 3 nitrogen and oxygen atoms in total. The van der Waals surface area contributed by atoms with E-state index in [0.717, 1.165) is 17.0 Å². The van der Waals surface area contributed by atoms with Crippen molar-refractivity contribution in [1.82, 2.24) is 9.55 Å². The van der Waals surface area contributed by atoms with Crippen molar-refractivity contribution in [2.24, 2.45) is 7.05 Å². The third kappa shape index (κ3) is 2.03. The second-order valence-corrected chi connectivity index (χ2v) is 3.90. The number of hydrogen-bond donors (Lipinski definition) is 0. The Kier molecular flexibility index (Phi) is 2.86. The van der Waals surface area contributed by atoms with Gasteiger partial charge in [0, 0.05) is 31.4 Å². The molecule has 1 aromatic heterocycles. The van der Waals surface area contributed by atoms with Crippen molar-refractivity contribution in [1.29, 1.82) is 0 Å². The van der Waals surface area contributed by atoms with Crippen molar-refractivity contribution in [2.45, 2.75) is 13.3 Å². The third-order valence-electron chi connectivity index (χ3n) is 2.52. The summed E-state index contributed by atoms with van der Waals surface area (Å²) in [6, 6.07) is 7.89. The minimum Gasteiger partial charge on any atom is -0.334 e. The van der Waals surface area contributed by atoms with E-state index in [9.17, 15) is 4.79 Å². The largest absolute Gasteiger partial charge is 0.334 e. The molecule has 3 heteroatoms. The number of Topliss-reactive ketones (excluding diaryl/α,β-unsaturated/α-hetero) is 1. The number of imidazole rings is 1. The number of aromatic nitrogens is 2. The van der Waals surface area contributed by atoms with Crippen LogP contribution >= 0.6 is 0 Å². The predicted molar refractivity (Wildman–Crippen MR) is 63.0 cm³/mol. The smallest absolute Gasteiger partial charge is 0.139 e. The molecule has 16 heavy (non-hydrogen) atoms. The lowest BCUT2D eigenvalue weighted by molar-refractivity contribution is -0.116. The average Bonchev–Trinajstić information content (AvgIpc) is 2.64. The van der Waals surface area contributed by atoms with E-state index < -0.39 is 0 Å². The topological polar surface area (TPSA) is 34.9 Å². The lowest BCUT2D eigenvalue weighted by Gasteiger charge is -2.07. The zero-order valence-electron chi connectivity index (χ0n) is 9.47. The zero-order valence-corrected chi connectivity index (χ0v) is 9.47. The van der Waals surface area contributed by atoms with Crippen LogP contribution < -0.4 is 0 Å². The van der Waals surface area contributed by atoms with E-state index in [4.69, 9.17) is 0 Å². The second kappa shape index (κ2) is 4.31. The van der Waals surface area contributed by atoms with Crippen molar-refractivity contribution in [3.05, 3.63) is 42.2 Å². The summed E-state index contributed by atoms with van der Waals surface area (Å²) in [6.07, 6.45) is 4.13. The first-order valence-electron chi connectivity index (χ1n) is 5.23. The van der Waals surface area contributed by atoms with Gasteiger partial charge in [-0.2, -0.15) is 0 Å². The Morgan fingerprint density at radius 3 is 2.75 bits per heavy atom. The van der Waals surface area contributed by atoms with Gasteiger partial charge in [0.15, 0.2) is 0 Å². The quantitative estimate of drug-likeness (QED) is 0.785. The van der Waals surface area contributed by atoms with Crippen LogP contribution in [0.3, 0.4) is 0 Å². The van der Waals surface area contributed by atoms with Crippen LogP contribution in [-0.4, -0.2) is 15.3 Å². The van der Waals surface area contributed by atoms with E-state index in [-0.39, 0.29) is 5.78 Å². The molecule has 1 heterocycles. The van der Waals surface area contributed by atoms with Gasteiger partial charge in [0.2, 0.25) is 0 Å². The van der Waals surface area contributed by atoms with Crippen molar-refractivity contribution in [3.63, 3.8) is 0 Å². The molecule has 0 fully saturated rings. The maximum atomic E-state index is 11.2. The van der Waals surface area contributed by atoms with E-state index >= 15 is 0 Å². The Morgan fingerprint density at radius 1 is 1.38 bits per heavy atom. The van der Waals surface area contributed by atoms with E-state index in [1.807, 2.05) is 42.1 Å². The van der Waals surface area contributed by atoms with Crippen LogP contribution in [0, 0.1) is 0 Å². The average molecular weight is 214 g/mol. The van der Waals surface area contributed by atoms with E-state index in [0.29, 0.717) is 6.42 Å². The summed E-state index contributed by atoms with van der Waals surface area (Å²) in [5.74, 6) is 1.07. The number of aryl methyl sites for hydroxylation is 1. The summed E-state index contributed by atoms with van der Waals surface area (Å²) in [4.78, 5) is 15.5. The Hall–Kier alpha value is -1.90. The maximum absolute atomic E-state index is 11.2. The number of hydrogen-bond acceptors (Lipinski definition) is 2. The second-order valence-electron chi connectivity index (χ2n) is 3.90. The molecule has 2 aromatic rings. The van der Waals surface area contributed by atoms with Crippen molar-refractivity contribution in [3.8, 4) is 11.4 Å². The molecule has 0 spiro atoms. The van der Waals surface area contributed by atoms with Crippen LogP contribution in [0.4, 0.5) is 0 Å². The lowest BCUT2D eigenvalue weighted by Crippen LogP contribution is -2.01. The van der Waals surface area contributed by atoms with Crippen molar-refractivity contribution < 1.29 is 4.79 Å². The molecular weight excluding hydrogens is 200 g/mol. The lowest BCUT2D eigenvalue weighted by atomic mass is 10.0. The highest BCUT2D eigenvalue weighted by Crippen LogP contribution is 2.21. The van der Waals surface area contributed by atoms with Crippen LogP contribution in [-0.2, 0) is 18.3 Å². The first kappa shape index (κ1) is 10.6. The first-order chi connectivity index (χ1) is 7.68. The third-order valence-corrected chi connectivity index (χ3v) is 2.52. The number of rotatable bonds is 3. The van der Waals surface area contributed by atoms with Gasteiger partial charge >= 0.3 is 0 Å². The van der Waals surface area contributed by atoms with Crippen LogP contribution in [0.5, 0.6) is 0 Å². The fraction of sp³-hybridized carbons (Fsp3) is 0.231. The predicted octanol–water partition coefficient (Wildman–Crippen LogP) is 2.22. The van der Waals surface area contributed by atoms with E-state index in [2.05, 4.69) is 4.98 Å². The molecule has 0 saturated carbocycles. The minimum absolute atomic E-state index is 0.168. The summed E-state index contributed by atoms with van der Waals surface area (Å²) in [5, 5.41) is 0. The molecule has 1 aromatic carbocycles. The molecule has 0 atom stereocenters. The molecular formula is C13H14N2O. The van der Waals surface area contributed by atoms with Gasteiger partial charge in [-0.05, 0) is 12.5 Å². The Balaban J connectivity index is 2.48. The van der Waals surface area contributed by atoms with Gasteiger partial charge in [-0.25, -0.2) is 4.98 Å². The molecule has 2 rings (SSSR count). The van der Waals surface area contributed by atoms with Gasteiger partial charge in [0.25, 0.3) is 0 Å². The monoisotopic (exact) mass is 214 g/mol. The van der Waals surface area contributed by atoms with Crippen molar-refractivity contribution >= 4 is 5.78 Å². The van der Waals surface area contributed by atoms with Crippen LogP contribution in [0.15, 0.2) is 36.7 Å². The molecule has 0 radical (unpaired) electrons. The van der Waals surface area contributed by atoms with Crippen molar-refractivity contribution in [2.75, 3.05) is 0 Å². The molecule has 0 aliphatic carbocycles. The van der Waals surface area contributed by atoms with Gasteiger partial charge in [0.1, 0.15) is 11.6 Å².